The molecular weight excluding hydrogens is 302 g/mol. The maximum absolute atomic E-state index is 13.0. The van der Waals surface area contributed by atoms with Crippen LogP contribution in [-0.2, 0) is 0 Å². The number of amides is 1. The van der Waals surface area contributed by atoms with Crippen LogP contribution in [0.5, 0.6) is 11.5 Å². The summed E-state index contributed by atoms with van der Waals surface area (Å²) in [5.41, 5.74) is 2.84. The number of methoxy groups -OCH3 is 2. The van der Waals surface area contributed by atoms with Gasteiger partial charge in [-0.15, -0.1) is 0 Å². The van der Waals surface area contributed by atoms with E-state index in [2.05, 4.69) is 0 Å². The van der Waals surface area contributed by atoms with E-state index >= 15 is 0 Å². The first-order valence-electron chi connectivity index (χ1n) is 8.23. The molecule has 0 radical (unpaired) electrons. The second-order valence-corrected chi connectivity index (χ2v) is 6.13. The Hall–Kier alpha value is -2.49. The first-order chi connectivity index (χ1) is 11.6. The summed E-state index contributed by atoms with van der Waals surface area (Å²) in [6, 6.07) is 13.5. The van der Waals surface area contributed by atoms with Gasteiger partial charge in [-0.2, -0.15) is 0 Å². The zero-order valence-electron chi connectivity index (χ0n) is 14.4. The zero-order chi connectivity index (χ0) is 17.1. The lowest BCUT2D eigenvalue weighted by Crippen LogP contribution is -2.30. The molecule has 0 aromatic heterocycles. The van der Waals surface area contributed by atoms with Crippen molar-refractivity contribution in [1.29, 1.82) is 0 Å². The van der Waals surface area contributed by atoms with Crippen molar-refractivity contribution in [1.82, 2.24) is 4.90 Å². The molecule has 1 heterocycles. The van der Waals surface area contributed by atoms with E-state index in [0.717, 1.165) is 47.6 Å². The van der Waals surface area contributed by atoms with Gasteiger partial charge in [0.2, 0.25) is 0 Å². The average Bonchev–Trinajstić information content (AvgIpc) is 3.10. The van der Waals surface area contributed by atoms with Gasteiger partial charge in [0.15, 0.2) is 0 Å². The molecule has 0 saturated carbocycles. The highest BCUT2D eigenvalue weighted by Gasteiger charge is 2.32. The molecule has 0 bridgehead atoms. The van der Waals surface area contributed by atoms with Crippen molar-refractivity contribution in [2.75, 3.05) is 20.8 Å². The number of aryl methyl sites for hydroxylation is 1. The molecule has 1 saturated heterocycles. The van der Waals surface area contributed by atoms with Crippen molar-refractivity contribution < 1.29 is 14.3 Å². The Morgan fingerprint density at radius 2 is 1.96 bits per heavy atom. The van der Waals surface area contributed by atoms with Crippen LogP contribution in [0.3, 0.4) is 0 Å². The normalized spacial score (nSPS) is 17.0. The van der Waals surface area contributed by atoms with E-state index in [9.17, 15) is 4.79 Å². The molecule has 1 atom stereocenters. The summed E-state index contributed by atoms with van der Waals surface area (Å²) in [5.74, 6) is 1.65. The van der Waals surface area contributed by atoms with E-state index in [4.69, 9.17) is 9.47 Å². The highest BCUT2D eigenvalue weighted by Crippen LogP contribution is 2.39. The summed E-state index contributed by atoms with van der Waals surface area (Å²) in [4.78, 5) is 14.9. The van der Waals surface area contributed by atoms with Crippen molar-refractivity contribution in [3.63, 3.8) is 0 Å². The van der Waals surface area contributed by atoms with Gasteiger partial charge in [-0.05, 0) is 50.1 Å². The first-order valence-corrected chi connectivity index (χ1v) is 8.23. The van der Waals surface area contributed by atoms with Crippen LogP contribution in [0.2, 0.25) is 0 Å². The predicted octanol–water partition coefficient (Wildman–Crippen LogP) is 3.99. The van der Waals surface area contributed by atoms with E-state index in [-0.39, 0.29) is 11.9 Å². The van der Waals surface area contributed by atoms with Gasteiger partial charge in [0.05, 0.1) is 20.3 Å². The molecule has 1 aliphatic rings. The van der Waals surface area contributed by atoms with Crippen LogP contribution in [0, 0.1) is 6.92 Å². The summed E-state index contributed by atoms with van der Waals surface area (Å²) in [5, 5.41) is 0. The summed E-state index contributed by atoms with van der Waals surface area (Å²) in [6.07, 6.45) is 1.92. The number of benzene rings is 2. The summed E-state index contributed by atoms with van der Waals surface area (Å²) < 4.78 is 10.9. The minimum atomic E-state index is 0.0167. The van der Waals surface area contributed by atoms with Crippen LogP contribution in [0.15, 0.2) is 42.5 Å². The molecule has 1 aliphatic heterocycles. The van der Waals surface area contributed by atoms with Crippen LogP contribution < -0.4 is 9.47 Å². The Bertz CT molecular complexity index is 741. The van der Waals surface area contributed by atoms with Crippen LogP contribution in [0.4, 0.5) is 0 Å². The van der Waals surface area contributed by atoms with E-state index < -0.39 is 0 Å². The van der Waals surface area contributed by atoms with Gasteiger partial charge >= 0.3 is 0 Å². The molecule has 4 heteroatoms. The van der Waals surface area contributed by atoms with Crippen LogP contribution in [0.25, 0.3) is 0 Å². The van der Waals surface area contributed by atoms with Crippen LogP contribution in [0.1, 0.15) is 40.4 Å². The lowest BCUT2D eigenvalue weighted by Gasteiger charge is -2.27. The fraction of sp³-hybridized carbons (Fsp3) is 0.350. The second-order valence-electron chi connectivity index (χ2n) is 6.13. The molecule has 0 N–H and O–H groups in total. The fourth-order valence-corrected chi connectivity index (χ4v) is 3.38. The van der Waals surface area contributed by atoms with Crippen molar-refractivity contribution in [3.8, 4) is 11.5 Å². The number of hydrogen-bond donors (Lipinski definition) is 0. The predicted molar refractivity (Wildman–Crippen MR) is 93.7 cm³/mol. The third-order valence-corrected chi connectivity index (χ3v) is 4.57. The number of likely N-dealkylation sites (tertiary alicyclic amines) is 1. The van der Waals surface area contributed by atoms with Gasteiger partial charge < -0.3 is 14.4 Å². The number of carbonyl (C=O) groups is 1. The standard InChI is InChI=1S/C20H23NO3/c1-14-6-4-7-15(12-14)20(22)21-11-5-8-18(21)17-13-16(23-2)9-10-19(17)24-3/h4,6-7,9-10,12-13,18H,5,8,11H2,1-3H3/t18-/m1/s1. The number of carbonyl (C=O) groups excluding carboxylic acids is 1. The molecule has 4 nitrogen and oxygen atoms in total. The average molecular weight is 325 g/mol. The topological polar surface area (TPSA) is 38.8 Å². The van der Waals surface area contributed by atoms with Crippen molar-refractivity contribution in [2.45, 2.75) is 25.8 Å². The van der Waals surface area contributed by atoms with E-state index in [0.29, 0.717) is 0 Å². The molecule has 3 rings (SSSR count). The fourth-order valence-electron chi connectivity index (χ4n) is 3.38. The number of ether oxygens (including phenoxy) is 2. The second kappa shape index (κ2) is 6.95. The minimum absolute atomic E-state index is 0.0167. The Kier molecular flexibility index (Phi) is 4.74. The van der Waals surface area contributed by atoms with Crippen molar-refractivity contribution in [3.05, 3.63) is 59.2 Å². The molecule has 126 valence electrons. The van der Waals surface area contributed by atoms with Gasteiger partial charge in [-0.3, -0.25) is 4.79 Å². The van der Waals surface area contributed by atoms with Gasteiger partial charge in [0, 0.05) is 17.7 Å². The molecule has 2 aromatic rings. The Morgan fingerprint density at radius 1 is 1.12 bits per heavy atom. The molecule has 0 unspecified atom stereocenters. The maximum atomic E-state index is 13.0. The lowest BCUT2D eigenvalue weighted by atomic mass is 10.0. The summed E-state index contributed by atoms with van der Waals surface area (Å²) >= 11 is 0. The Balaban J connectivity index is 1.95. The third-order valence-electron chi connectivity index (χ3n) is 4.57. The number of hydrogen-bond acceptors (Lipinski definition) is 3. The van der Waals surface area contributed by atoms with Crippen LogP contribution in [-0.4, -0.2) is 31.6 Å². The minimum Gasteiger partial charge on any atom is -0.497 e. The molecule has 2 aromatic carbocycles. The maximum Gasteiger partial charge on any atom is 0.254 e. The number of nitrogens with zero attached hydrogens (tertiary/aromatic N) is 1. The molecular formula is C20H23NO3. The molecule has 1 fully saturated rings. The Labute approximate surface area is 143 Å². The monoisotopic (exact) mass is 325 g/mol. The zero-order valence-corrected chi connectivity index (χ0v) is 14.4. The summed E-state index contributed by atoms with van der Waals surface area (Å²) in [7, 11) is 3.31. The summed E-state index contributed by atoms with van der Waals surface area (Å²) in [6.45, 7) is 2.77. The van der Waals surface area contributed by atoms with E-state index in [1.165, 1.54) is 0 Å². The SMILES string of the molecule is COc1ccc(OC)c([C@H]2CCCN2C(=O)c2cccc(C)c2)c1. The number of rotatable bonds is 4. The molecule has 0 aliphatic carbocycles. The highest BCUT2D eigenvalue weighted by atomic mass is 16.5. The Morgan fingerprint density at radius 3 is 2.67 bits per heavy atom. The van der Waals surface area contributed by atoms with E-state index in [1.807, 2.05) is 54.3 Å². The van der Waals surface area contributed by atoms with Gasteiger partial charge in [0.25, 0.3) is 5.91 Å². The van der Waals surface area contributed by atoms with Crippen molar-refractivity contribution >= 4 is 5.91 Å². The molecule has 24 heavy (non-hydrogen) atoms. The van der Waals surface area contributed by atoms with Gasteiger partial charge in [-0.25, -0.2) is 0 Å². The molecule has 0 spiro atoms. The van der Waals surface area contributed by atoms with Crippen molar-refractivity contribution in [2.24, 2.45) is 0 Å². The smallest absolute Gasteiger partial charge is 0.254 e. The lowest BCUT2D eigenvalue weighted by molar-refractivity contribution is 0.0734. The first kappa shape index (κ1) is 16.4. The van der Waals surface area contributed by atoms with E-state index in [1.54, 1.807) is 14.2 Å². The van der Waals surface area contributed by atoms with Gasteiger partial charge in [-0.1, -0.05) is 17.7 Å². The quantitative estimate of drug-likeness (QED) is 0.853. The highest BCUT2D eigenvalue weighted by molar-refractivity contribution is 5.95. The largest absolute Gasteiger partial charge is 0.497 e. The van der Waals surface area contributed by atoms with Gasteiger partial charge in [0.1, 0.15) is 11.5 Å². The molecule has 1 amide bonds. The third kappa shape index (κ3) is 3.09. The van der Waals surface area contributed by atoms with Crippen LogP contribution >= 0.6 is 0 Å².